The minimum Gasteiger partial charge on any atom is -0.497 e. The molecule has 2 aromatic rings. The van der Waals surface area contributed by atoms with E-state index in [1.807, 2.05) is 36.4 Å². The van der Waals surface area contributed by atoms with Gasteiger partial charge in [-0.05, 0) is 29.8 Å². The molecule has 1 aliphatic heterocycles. The number of morpholine rings is 1. The summed E-state index contributed by atoms with van der Waals surface area (Å²) in [5.74, 6) is 1.92. The number of aliphatic imine (C=N–C) groups is 1. The third-order valence-electron chi connectivity index (χ3n) is 4.79. The van der Waals surface area contributed by atoms with Crippen molar-refractivity contribution in [2.45, 2.75) is 6.04 Å². The maximum absolute atomic E-state index is 6.15. The van der Waals surface area contributed by atoms with Gasteiger partial charge in [-0.15, -0.1) is 24.0 Å². The topological polar surface area (TPSA) is 81.3 Å². The first-order valence-corrected chi connectivity index (χ1v) is 9.37. The first-order valence-electron chi connectivity index (χ1n) is 9.37. The molecule has 0 amide bonds. The molecule has 3 rings (SSSR count). The number of hydrogen-bond donors (Lipinski definition) is 2. The summed E-state index contributed by atoms with van der Waals surface area (Å²) in [5.41, 5.74) is 8.12. The SMILES string of the molecule is COc1ccc(C(CN=C(N)Nc2ccccc2OC)N2CCOCC2)cc1.I. The van der Waals surface area contributed by atoms with Crippen molar-refractivity contribution in [2.75, 3.05) is 52.4 Å². The van der Waals surface area contributed by atoms with E-state index in [0.717, 1.165) is 43.5 Å². The lowest BCUT2D eigenvalue weighted by Gasteiger charge is -2.34. The Bertz CT molecular complexity index is 780. The molecule has 1 saturated heterocycles. The van der Waals surface area contributed by atoms with Crippen LogP contribution in [-0.4, -0.2) is 57.9 Å². The third-order valence-corrected chi connectivity index (χ3v) is 4.79. The smallest absolute Gasteiger partial charge is 0.193 e. The van der Waals surface area contributed by atoms with E-state index in [-0.39, 0.29) is 30.0 Å². The van der Waals surface area contributed by atoms with Crippen LogP contribution < -0.4 is 20.5 Å². The Balaban J connectivity index is 0.00000300. The van der Waals surface area contributed by atoms with Crippen molar-refractivity contribution >= 4 is 35.6 Å². The number of anilines is 1. The molecule has 0 aliphatic carbocycles. The van der Waals surface area contributed by atoms with Crippen LogP contribution in [0.15, 0.2) is 53.5 Å². The number of para-hydroxylation sites is 2. The highest BCUT2D eigenvalue weighted by atomic mass is 127. The lowest BCUT2D eigenvalue weighted by molar-refractivity contribution is 0.0180. The normalized spacial score (nSPS) is 15.9. The van der Waals surface area contributed by atoms with E-state index in [0.29, 0.717) is 12.5 Å². The van der Waals surface area contributed by atoms with Crippen molar-refractivity contribution in [2.24, 2.45) is 10.7 Å². The number of nitrogens with two attached hydrogens (primary N) is 1. The van der Waals surface area contributed by atoms with Crippen molar-refractivity contribution < 1.29 is 14.2 Å². The van der Waals surface area contributed by atoms with E-state index >= 15 is 0 Å². The van der Waals surface area contributed by atoms with Gasteiger partial charge >= 0.3 is 0 Å². The van der Waals surface area contributed by atoms with Crippen LogP contribution in [0, 0.1) is 0 Å². The first-order chi connectivity index (χ1) is 13.7. The van der Waals surface area contributed by atoms with Crippen LogP contribution in [-0.2, 0) is 4.74 Å². The number of rotatable bonds is 7. The van der Waals surface area contributed by atoms with Crippen LogP contribution in [0.2, 0.25) is 0 Å². The minimum absolute atomic E-state index is 0. The maximum atomic E-state index is 6.15. The minimum atomic E-state index is 0. The summed E-state index contributed by atoms with van der Waals surface area (Å²) < 4.78 is 16.1. The molecule has 1 atom stereocenters. The highest BCUT2D eigenvalue weighted by molar-refractivity contribution is 14.0. The molecule has 29 heavy (non-hydrogen) atoms. The lowest BCUT2D eigenvalue weighted by atomic mass is 10.0. The van der Waals surface area contributed by atoms with Crippen LogP contribution in [0.5, 0.6) is 11.5 Å². The molecule has 8 heteroatoms. The van der Waals surface area contributed by atoms with Gasteiger partial charge < -0.3 is 25.3 Å². The molecule has 1 unspecified atom stereocenters. The number of guanidine groups is 1. The Hall–Kier alpha value is -2.04. The molecule has 7 nitrogen and oxygen atoms in total. The van der Waals surface area contributed by atoms with Crippen molar-refractivity contribution in [3.63, 3.8) is 0 Å². The van der Waals surface area contributed by atoms with Crippen molar-refractivity contribution in [3.05, 3.63) is 54.1 Å². The monoisotopic (exact) mass is 512 g/mol. The van der Waals surface area contributed by atoms with Crippen LogP contribution in [0.4, 0.5) is 5.69 Å². The Kier molecular flexibility index (Phi) is 9.49. The highest BCUT2D eigenvalue weighted by Gasteiger charge is 2.22. The second-order valence-corrected chi connectivity index (χ2v) is 6.49. The van der Waals surface area contributed by atoms with Gasteiger partial charge in [-0.2, -0.15) is 0 Å². The van der Waals surface area contributed by atoms with E-state index in [4.69, 9.17) is 19.9 Å². The van der Waals surface area contributed by atoms with E-state index < -0.39 is 0 Å². The second kappa shape index (κ2) is 11.8. The third kappa shape index (κ3) is 6.48. The Labute approximate surface area is 189 Å². The summed E-state index contributed by atoms with van der Waals surface area (Å²) in [4.78, 5) is 6.98. The Morgan fingerprint density at radius 1 is 1.10 bits per heavy atom. The summed E-state index contributed by atoms with van der Waals surface area (Å²) in [5, 5.41) is 3.13. The average Bonchev–Trinajstić information content (AvgIpc) is 2.75. The summed E-state index contributed by atoms with van der Waals surface area (Å²) in [6.07, 6.45) is 0. The molecule has 1 aliphatic rings. The molecular formula is C21H29IN4O3. The van der Waals surface area contributed by atoms with Crippen LogP contribution in [0.1, 0.15) is 11.6 Å². The maximum Gasteiger partial charge on any atom is 0.193 e. The summed E-state index contributed by atoms with van der Waals surface area (Å²) in [6.45, 7) is 3.73. The fourth-order valence-electron chi connectivity index (χ4n) is 3.26. The predicted octanol–water partition coefficient (Wildman–Crippen LogP) is 3.12. The van der Waals surface area contributed by atoms with E-state index in [1.54, 1.807) is 14.2 Å². The number of hydrogen-bond acceptors (Lipinski definition) is 5. The van der Waals surface area contributed by atoms with Crippen LogP contribution >= 0.6 is 24.0 Å². The van der Waals surface area contributed by atoms with Gasteiger partial charge in [0.05, 0.1) is 45.7 Å². The second-order valence-electron chi connectivity index (χ2n) is 6.49. The van der Waals surface area contributed by atoms with E-state index in [1.165, 1.54) is 5.56 Å². The molecule has 1 heterocycles. The van der Waals surface area contributed by atoms with Gasteiger partial charge in [0, 0.05) is 13.1 Å². The van der Waals surface area contributed by atoms with E-state index in [9.17, 15) is 0 Å². The van der Waals surface area contributed by atoms with Gasteiger partial charge in [0.2, 0.25) is 0 Å². The zero-order valence-electron chi connectivity index (χ0n) is 16.8. The van der Waals surface area contributed by atoms with Gasteiger partial charge in [0.25, 0.3) is 0 Å². The molecule has 0 spiro atoms. The largest absolute Gasteiger partial charge is 0.497 e. The molecule has 1 fully saturated rings. The number of halogens is 1. The van der Waals surface area contributed by atoms with Crippen molar-refractivity contribution in [1.29, 1.82) is 0 Å². The van der Waals surface area contributed by atoms with Gasteiger partial charge in [-0.1, -0.05) is 24.3 Å². The van der Waals surface area contributed by atoms with Gasteiger partial charge in [0.15, 0.2) is 5.96 Å². The lowest BCUT2D eigenvalue weighted by Crippen LogP contribution is -2.40. The quantitative estimate of drug-likeness (QED) is 0.337. The van der Waals surface area contributed by atoms with Crippen LogP contribution in [0.3, 0.4) is 0 Å². The van der Waals surface area contributed by atoms with Gasteiger partial charge in [0.1, 0.15) is 11.5 Å². The summed E-state index contributed by atoms with van der Waals surface area (Å²) in [7, 11) is 3.30. The zero-order chi connectivity index (χ0) is 19.8. The first kappa shape index (κ1) is 23.2. The average molecular weight is 512 g/mol. The van der Waals surface area contributed by atoms with Gasteiger partial charge in [-0.3, -0.25) is 9.89 Å². The molecule has 0 saturated carbocycles. The molecule has 3 N–H and O–H groups in total. The number of benzene rings is 2. The fourth-order valence-corrected chi connectivity index (χ4v) is 3.26. The van der Waals surface area contributed by atoms with Crippen molar-refractivity contribution in [1.82, 2.24) is 4.90 Å². The molecular weight excluding hydrogens is 483 g/mol. The number of nitrogens with zero attached hydrogens (tertiary/aromatic N) is 2. The highest BCUT2D eigenvalue weighted by Crippen LogP contribution is 2.25. The molecule has 0 radical (unpaired) electrons. The molecule has 158 valence electrons. The van der Waals surface area contributed by atoms with Gasteiger partial charge in [-0.25, -0.2) is 0 Å². The number of methoxy groups -OCH3 is 2. The molecule has 0 bridgehead atoms. The molecule has 2 aromatic carbocycles. The van der Waals surface area contributed by atoms with E-state index in [2.05, 4.69) is 27.3 Å². The number of ether oxygens (including phenoxy) is 3. The Morgan fingerprint density at radius 3 is 2.45 bits per heavy atom. The van der Waals surface area contributed by atoms with Crippen molar-refractivity contribution in [3.8, 4) is 11.5 Å². The van der Waals surface area contributed by atoms with Crippen LogP contribution in [0.25, 0.3) is 0 Å². The fraction of sp³-hybridized carbons (Fsp3) is 0.381. The predicted molar refractivity (Wildman–Crippen MR) is 127 cm³/mol. The number of nitrogens with one attached hydrogen (secondary N) is 1. The summed E-state index contributed by atoms with van der Waals surface area (Å²) >= 11 is 0. The summed E-state index contributed by atoms with van der Waals surface area (Å²) in [6, 6.07) is 15.9. The zero-order valence-corrected chi connectivity index (χ0v) is 19.2. The standard InChI is InChI=1S/C21H28N4O3.HI/c1-26-17-9-7-16(8-10-17)19(25-11-13-28-14-12-25)15-23-21(22)24-18-5-3-4-6-20(18)27-2;/h3-10,19H,11-15H2,1-2H3,(H3,22,23,24);1H. The molecule has 0 aromatic heterocycles. The Morgan fingerprint density at radius 2 is 1.79 bits per heavy atom.